The first-order valence-electron chi connectivity index (χ1n) is 5.89. The van der Waals surface area contributed by atoms with Gasteiger partial charge in [0.15, 0.2) is 0 Å². The molecule has 1 aromatic heterocycles. The second-order valence-electron chi connectivity index (χ2n) is 4.18. The molecular formula is C13H13FN4. The van der Waals surface area contributed by atoms with Gasteiger partial charge >= 0.3 is 0 Å². The van der Waals surface area contributed by atoms with Gasteiger partial charge in [0.05, 0.1) is 11.4 Å². The minimum Gasteiger partial charge on any atom is -0.338 e. The molecule has 0 saturated carbocycles. The van der Waals surface area contributed by atoms with Crippen molar-refractivity contribution in [1.29, 1.82) is 0 Å². The zero-order valence-electron chi connectivity index (χ0n) is 9.78. The van der Waals surface area contributed by atoms with Crippen LogP contribution in [0.2, 0.25) is 0 Å². The van der Waals surface area contributed by atoms with Crippen LogP contribution in [0.15, 0.2) is 30.6 Å². The first kappa shape index (κ1) is 11.1. The van der Waals surface area contributed by atoms with Gasteiger partial charge in [-0.2, -0.15) is 0 Å². The molecular weight excluding hydrogens is 231 g/mol. The lowest BCUT2D eigenvalue weighted by Gasteiger charge is -2.19. The molecule has 0 aliphatic carbocycles. The predicted octanol–water partition coefficient (Wildman–Crippen LogP) is 2.00. The lowest BCUT2D eigenvalue weighted by molar-refractivity contribution is 0.622. The molecule has 2 N–H and O–H groups in total. The van der Waals surface area contributed by atoms with E-state index in [1.54, 1.807) is 18.2 Å². The van der Waals surface area contributed by atoms with Gasteiger partial charge in [-0.3, -0.25) is 0 Å². The molecule has 5 heteroatoms. The van der Waals surface area contributed by atoms with Crippen LogP contribution in [0.25, 0.3) is 0 Å². The maximum Gasteiger partial charge on any atom is 0.146 e. The molecule has 0 fully saturated rings. The van der Waals surface area contributed by atoms with Crippen LogP contribution in [0, 0.1) is 5.82 Å². The highest BCUT2D eigenvalue weighted by atomic mass is 19.1. The van der Waals surface area contributed by atoms with E-state index in [2.05, 4.69) is 20.6 Å². The lowest BCUT2D eigenvalue weighted by atomic mass is 10.1. The fourth-order valence-corrected chi connectivity index (χ4v) is 2.08. The molecule has 0 atom stereocenters. The van der Waals surface area contributed by atoms with Crippen LogP contribution in [0.5, 0.6) is 0 Å². The molecule has 0 amide bonds. The fourth-order valence-electron chi connectivity index (χ4n) is 2.08. The zero-order chi connectivity index (χ0) is 12.4. The van der Waals surface area contributed by atoms with Gasteiger partial charge in [0.2, 0.25) is 0 Å². The van der Waals surface area contributed by atoms with Crippen LogP contribution in [-0.2, 0) is 13.0 Å². The van der Waals surface area contributed by atoms with E-state index in [-0.39, 0.29) is 5.82 Å². The van der Waals surface area contributed by atoms with Crippen LogP contribution in [-0.4, -0.2) is 16.5 Å². The van der Waals surface area contributed by atoms with Crippen LogP contribution in [0.1, 0.15) is 11.3 Å². The van der Waals surface area contributed by atoms with Gasteiger partial charge in [-0.05, 0) is 25.1 Å². The molecule has 3 rings (SSSR count). The second kappa shape index (κ2) is 4.70. The fraction of sp³-hybridized carbons (Fsp3) is 0.231. The Morgan fingerprint density at radius 1 is 1.22 bits per heavy atom. The molecule has 0 radical (unpaired) electrons. The Hall–Kier alpha value is -2.01. The van der Waals surface area contributed by atoms with E-state index in [1.165, 1.54) is 12.4 Å². The Bertz CT molecular complexity index is 571. The monoisotopic (exact) mass is 244 g/mol. The van der Waals surface area contributed by atoms with Crippen molar-refractivity contribution >= 4 is 11.5 Å². The highest BCUT2D eigenvalue weighted by Crippen LogP contribution is 2.23. The number of hydrogen-bond donors (Lipinski definition) is 2. The Kier molecular flexibility index (Phi) is 2.90. The Balaban J connectivity index is 1.96. The van der Waals surface area contributed by atoms with Crippen molar-refractivity contribution in [1.82, 2.24) is 15.3 Å². The van der Waals surface area contributed by atoms with Crippen LogP contribution in [0.3, 0.4) is 0 Å². The number of aromatic nitrogens is 2. The number of rotatable bonds is 2. The van der Waals surface area contributed by atoms with E-state index in [9.17, 15) is 4.39 Å². The third-order valence-corrected chi connectivity index (χ3v) is 3.01. The lowest BCUT2D eigenvalue weighted by Crippen LogP contribution is -2.25. The van der Waals surface area contributed by atoms with E-state index < -0.39 is 0 Å². The number of hydrogen-bond acceptors (Lipinski definition) is 4. The first-order valence-corrected chi connectivity index (χ1v) is 5.89. The summed E-state index contributed by atoms with van der Waals surface area (Å²) in [6.07, 6.45) is 2.36. The first-order chi connectivity index (χ1) is 8.84. The van der Waals surface area contributed by atoms with E-state index in [1.807, 2.05) is 0 Å². The Morgan fingerprint density at radius 3 is 3.00 bits per heavy atom. The number of fused-ring (bicyclic) bond motifs is 1. The number of nitrogens with zero attached hydrogens (tertiary/aromatic N) is 2. The Morgan fingerprint density at radius 2 is 2.11 bits per heavy atom. The van der Waals surface area contributed by atoms with E-state index in [0.717, 1.165) is 30.8 Å². The van der Waals surface area contributed by atoms with Crippen molar-refractivity contribution in [2.45, 2.75) is 13.0 Å². The van der Waals surface area contributed by atoms with E-state index in [4.69, 9.17) is 0 Å². The Labute approximate surface area is 104 Å². The summed E-state index contributed by atoms with van der Waals surface area (Å²) < 4.78 is 13.6. The molecule has 1 aromatic carbocycles. The number of nitrogens with one attached hydrogen (secondary N) is 2. The SMILES string of the molecule is Fc1ccccc1Nc1ncnc2c1CCNC2. The maximum atomic E-state index is 13.6. The highest BCUT2D eigenvalue weighted by Gasteiger charge is 2.15. The smallest absolute Gasteiger partial charge is 0.146 e. The van der Waals surface area contributed by atoms with Gasteiger partial charge in [-0.25, -0.2) is 14.4 Å². The van der Waals surface area contributed by atoms with Gasteiger partial charge in [0.25, 0.3) is 0 Å². The second-order valence-corrected chi connectivity index (χ2v) is 4.18. The molecule has 2 aromatic rings. The summed E-state index contributed by atoms with van der Waals surface area (Å²) in [5, 5.41) is 6.30. The van der Waals surface area contributed by atoms with Crippen molar-refractivity contribution in [2.24, 2.45) is 0 Å². The van der Waals surface area contributed by atoms with Gasteiger partial charge < -0.3 is 10.6 Å². The maximum absolute atomic E-state index is 13.6. The largest absolute Gasteiger partial charge is 0.338 e. The van der Waals surface area contributed by atoms with Gasteiger partial charge in [0.1, 0.15) is 18.0 Å². The number of halogens is 1. The standard InChI is InChI=1S/C13H13FN4/c14-10-3-1-2-4-11(10)18-13-9-5-6-15-7-12(9)16-8-17-13/h1-4,8,15H,5-7H2,(H,16,17,18). The normalized spacial score (nSPS) is 14.1. The molecule has 0 spiro atoms. The van der Waals surface area contributed by atoms with Crippen molar-refractivity contribution in [3.63, 3.8) is 0 Å². The van der Waals surface area contributed by atoms with Crippen LogP contribution < -0.4 is 10.6 Å². The molecule has 1 aliphatic rings. The van der Waals surface area contributed by atoms with E-state index >= 15 is 0 Å². The minimum atomic E-state index is -0.279. The van der Waals surface area contributed by atoms with Gasteiger partial charge in [0, 0.05) is 12.1 Å². The summed E-state index contributed by atoms with van der Waals surface area (Å²) in [6, 6.07) is 6.59. The average molecular weight is 244 g/mol. The number of benzene rings is 1. The number of para-hydroxylation sites is 1. The zero-order valence-corrected chi connectivity index (χ0v) is 9.78. The third-order valence-electron chi connectivity index (χ3n) is 3.01. The predicted molar refractivity (Wildman–Crippen MR) is 67.1 cm³/mol. The molecule has 0 saturated heterocycles. The van der Waals surface area contributed by atoms with Gasteiger partial charge in [-0.1, -0.05) is 12.1 Å². The molecule has 1 aliphatic heterocycles. The average Bonchev–Trinajstić information content (AvgIpc) is 2.42. The molecule has 0 bridgehead atoms. The summed E-state index contributed by atoms with van der Waals surface area (Å²) in [6.45, 7) is 1.64. The molecule has 92 valence electrons. The highest BCUT2D eigenvalue weighted by molar-refractivity contribution is 5.60. The van der Waals surface area contributed by atoms with Crippen molar-refractivity contribution in [2.75, 3.05) is 11.9 Å². The van der Waals surface area contributed by atoms with Crippen molar-refractivity contribution in [3.8, 4) is 0 Å². The van der Waals surface area contributed by atoms with Crippen LogP contribution >= 0.6 is 0 Å². The molecule has 18 heavy (non-hydrogen) atoms. The van der Waals surface area contributed by atoms with Crippen LogP contribution in [0.4, 0.5) is 15.9 Å². The van der Waals surface area contributed by atoms with E-state index in [0.29, 0.717) is 11.5 Å². The summed E-state index contributed by atoms with van der Waals surface area (Å²) in [5.41, 5.74) is 2.49. The topological polar surface area (TPSA) is 49.8 Å². The number of anilines is 2. The molecule has 0 unspecified atom stereocenters. The quantitative estimate of drug-likeness (QED) is 0.848. The van der Waals surface area contributed by atoms with Crippen molar-refractivity contribution < 1.29 is 4.39 Å². The minimum absolute atomic E-state index is 0.279. The summed E-state index contributed by atoms with van der Waals surface area (Å²) >= 11 is 0. The summed E-state index contributed by atoms with van der Waals surface area (Å²) in [4.78, 5) is 8.45. The molecule has 2 heterocycles. The summed E-state index contributed by atoms with van der Waals surface area (Å²) in [7, 11) is 0. The third kappa shape index (κ3) is 2.04. The molecule has 4 nitrogen and oxygen atoms in total. The van der Waals surface area contributed by atoms with Crippen molar-refractivity contribution in [3.05, 3.63) is 47.7 Å². The summed E-state index contributed by atoms with van der Waals surface area (Å²) in [5.74, 6) is 0.422. The van der Waals surface area contributed by atoms with Gasteiger partial charge in [-0.15, -0.1) is 0 Å².